The smallest absolute Gasteiger partial charge is 0.296 e. The number of hydrogen-bond donors (Lipinski definition) is 1. The molecule has 0 radical (unpaired) electrons. The van der Waals surface area contributed by atoms with E-state index in [4.69, 9.17) is 8.94 Å². The summed E-state index contributed by atoms with van der Waals surface area (Å²) in [7, 11) is 0. The van der Waals surface area contributed by atoms with Crippen molar-refractivity contribution < 1.29 is 13.3 Å². The fraction of sp³-hybridized carbons (Fsp3) is 0.444. The summed E-state index contributed by atoms with van der Waals surface area (Å²) in [4.78, 5) is 10.3. The quantitative estimate of drug-likeness (QED) is 0.727. The summed E-state index contributed by atoms with van der Waals surface area (Å²) in [6.45, 7) is 1.85. The molecule has 0 bridgehead atoms. The maximum Gasteiger partial charge on any atom is 0.296 e. The lowest BCUT2D eigenvalue weighted by Crippen LogP contribution is -2.54. The largest absolute Gasteiger partial charge is 0.458 e. The molecule has 5 heterocycles. The molecule has 1 N–H and O–H groups in total. The number of rotatable bonds is 2. The topological polar surface area (TPSA) is 97.5 Å². The van der Waals surface area contributed by atoms with Gasteiger partial charge in [0.05, 0.1) is 6.20 Å². The van der Waals surface area contributed by atoms with Crippen molar-refractivity contribution in [2.24, 2.45) is 11.0 Å². The van der Waals surface area contributed by atoms with E-state index in [1.54, 1.807) is 16.8 Å². The molecule has 0 aromatic carbocycles. The first-order valence-corrected chi connectivity index (χ1v) is 9.47. The number of aromatic nitrogens is 4. The monoisotopic (exact) mass is 383 g/mol. The van der Waals surface area contributed by atoms with Crippen LogP contribution in [-0.2, 0) is 0 Å². The minimum atomic E-state index is -0.464. The van der Waals surface area contributed by atoms with Crippen molar-refractivity contribution in [1.82, 2.24) is 25.1 Å². The number of nitrogens with zero attached hydrogens (tertiary/aromatic N) is 6. The van der Waals surface area contributed by atoms with Crippen LogP contribution in [0.4, 0.5) is 10.2 Å². The molecule has 3 aromatic rings. The van der Waals surface area contributed by atoms with Gasteiger partial charge in [-0.1, -0.05) is 18.0 Å². The van der Waals surface area contributed by atoms with Crippen molar-refractivity contribution in [2.75, 3.05) is 4.90 Å². The Bertz CT molecular complexity index is 1080. The third kappa shape index (κ3) is 2.11. The standard InChI is InChI=1S/C18H18FN7O2/c1-9-6-7-12(27-9)14-21-17(28-24-14)16-23-22-15-10-4-2-3-5-11(10)25-13(26(15)16)8-20-18(25)19/h6-8,10-11,15,22H,2-5H2,1H3. The van der Waals surface area contributed by atoms with E-state index in [1.807, 2.05) is 17.9 Å². The van der Waals surface area contributed by atoms with Crippen molar-refractivity contribution in [1.29, 1.82) is 0 Å². The number of hydrogen-bond acceptors (Lipinski definition) is 8. The lowest BCUT2D eigenvalue weighted by Gasteiger charge is -2.45. The summed E-state index contributed by atoms with van der Waals surface area (Å²) in [6.07, 6.45) is 5.15. The SMILES string of the molecule is Cc1ccc(-c2noc(C3=NNC4C5CCCCC5n5c(cnc5F)N34)n2)o1. The lowest BCUT2D eigenvalue weighted by molar-refractivity contribution is 0.161. The van der Waals surface area contributed by atoms with Crippen LogP contribution in [0.5, 0.6) is 0 Å². The van der Waals surface area contributed by atoms with Crippen LogP contribution in [0.15, 0.2) is 32.4 Å². The van der Waals surface area contributed by atoms with Gasteiger partial charge in [-0.2, -0.15) is 14.5 Å². The van der Waals surface area contributed by atoms with Crippen LogP contribution in [-0.4, -0.2) is 31.7 Å². The molecule has 3 atom stereocenters. The summed E-state index contributed by atoms with van der Waals surface area (Å²) in [5, 5.41) is 8.48. The molecule has 3 unspecified atom stereocenters. The van der Waals surface area contributed by atoms with Crippen molar-refractivity contribution in [2.45, 2.75) is 44.8 Å². The minimum Gasteiger partial charge on any atom is -0.458 e. The number of halogens is 1. The number of furan rings is 1. The van der Waals surface area contributed by atoms with E-state index in [9.17, 15) is 4.39 Å². The second kappa shape index (κ2) is 5.66. The van der Waals surface area contributed by atoms with Gasteiger partial charge >= 0.3 is 0 Å². The number of nitrogens with one attached hydrogen (secondary N) is 1. The van der Waals surface area contributed by atoms with Gasteiger partial charge in [-0.05, 0) is 31.9 Å². The molecule has 1 fully saturated rings. The van der Waals surface area contributed by atoms with E-state index < -0.39 is 6.08 Å². The van der Waals surface area contributed by atoms with E-state index in [-0.39, 0.29) is 24.0 Å². The predicted octanol–water partition coefficient (Wildman–Crippen LogP) is 2.82. The number of anilines is 1. The second-order valence-corrected chi connectivity index (χ2v) is 7.48. The van der Waals surface area contributed by atoms with Crippen LogP contribution in [0, 0.1) is 18.9 Å². The van der Waals surface area contributed by atoms with Gasteiger partial charge in [0.2, 0.25) is 11.7 Å². The number of imidazole rings is 1. The molecule has 2 aliphatic heterocycles. The molecule has 1 aliphatic carbocycles. The van der Waals surface area contributed by atoms with Crippen molar-refractivity contribution in [3.63, 3.8) is 0 Å². The van der Waals surface area contributed by atoms with Crippen LogP contribution in [0.1, 0.15) is 43.4 Å². The molecule has 1 saturated carbocycles. The van der Waals surface area contributed by atoms with E-state index in [0.29, 0.717) is 23.2 Å². The van der Waals surface area contributed by atoms with E-state index >= 15 is 0 Å². The minimum absolute atomic E-state index is 0.0786. The highest BCUT2D eigenvalue weighted by molar-refractivity contribution is 6.08. The van der Waals surface area contributed by atoms with Crippen LogP contribution in [0.2, 0.25) is 0 Å². The molecular weight excluding hydrogens is 365 g/mol. The van der Waals surface area contributed by atoms with Gasteiger partial charge < -0.3 is 8.94 Å². The van der Waals surface area contributed by atoms with Gasteiger partial charge in [-0.25, -0.2) is 4.98 Å². The molecular formula is C18H18FN7O2. The molecule has 9 nitrogen and oxygen atoms in total. The molecule has 6 rings (SSSR count). The summed E-state index contributed by atoms with van der Waals surface area (Å²) < 4.78 is 27.2. The van der Waals surface area contributed by atoms with Crippen molar-refractivity contribution in [3.8, 4) is 11.6 Å². The molecule has 144 valence electrons. The first-order valence-electron chi connectivity index (χ1n) is 9.47. The van der Waals surface area contributed by atoms with Crippen LogP contribution in [0.25, 0.3) is 11.6 Å². The average Bonchev–Trinajstić information content (AvgIpc) is 3.47. The molecule has 10 heteroatoms. The Morgan fingerprint density at radius 3 is 3.00 bits per heavy atom. The summed E-state index contributed by atoms with van der Waals surface area (Å²) in [5.74, 6) is 3.24. The van der Waals surface area contributed by atoms with Crippen molar-refractivity contribution >= 4 is 11.7 Å². The highest BCUT2D eigenvalue weighted by Gasteiger charge is 2.49. The van der Waals surface area contributed by atoms with Gasteiger partial charge in [-0.15, -0.1) is 0 Å². The number of aryl methyl sites for hydroxylation is 1. The second-order valence-electron chi connectivity index (χ2n) is 7.48. The molecule has 3 aromatic heterocycles. The van der Waals surface area contributed by atoms with E-state index in [0.717, 1.165) is 31.4 Å². The third-order valence-corrected chi connectivity index (χ3v) is 5.88. The average molecular weight is 383 g/mol. The van der Waals surface area contributed by atoms with Gasteiger partial charge in [0.15, 0.2) is 5.76 Å². The summed E-state index contributed by atoms with van der Waals surface area (Å²) >= 11 is 0. The first-order chi connectivity index (χ1) is 13.7. The van der Waals surface area contributed by atoms with Gasteiger partial charge in [0.25, 0.3) is 12.0 Å². The Morgan fingerprint density at radius 1 is 1.25 bits per heavy atom. The first kappa shape index (κ1) is 15.8. The zero-order valence-electron chi connectivity index (χ0n) is 15.2. The Labute approximate surface area is 159 Å². The molecule has 28 heavy (non-hydrogen) atoms. The zero-order valence-corrected chi connectivity index (χ0v) is 15.2. The number of fused-ring (bicyclic) bond motifs is 6. The van der Waals surface area contributed by atoms with E-state index in [2.05, 4.69) is 25.7 Å². The lowest BCUT2D eigenvalue weighted by atomic mass is 9.80. The summed E-state index contributed by atoms with van der Waals surface area (Å²) in [5.41, 5.74) is 3.21. The van der Waals surface area contributed by atoms with Crippen molar-refractivity contribution in [3.05, 3.63) is 36.1 Å². The van der Waals surface area contributed by atoms with Gasteiger partial charge in [0.1, 0.15) is 17.7 Å². The zero-order chi connectivity index (χ0) is 18.8. The van der Waals surface area contributed by atoms with Crippen LogP contribution >= 0.6 is 0 Å². The third-order valence-electron chi connectivity index (χ3n) is 5.88. The normalized spacial score (nSPS) is 25.7. The summed E-state index contributed by atoms with van der Waals surface area (Å²) in [6, 6.07) is 3.71. The Hall–Kier alpha value is -3.17. The number of hydrazone groups is 1. The fourth-order valence-corrected chi connectivity index (χ4v) is 4.67. The molecule has 3 aliphatic rings. The van der Waals surface area contributed by atoms with Crippen LogP contribution in [0.3, 0.4) is 0 Å². The maximum atomic E-state index is 14.5. The molecule has 0 saturated heterocycles. The Kier molecular flexibility index (Phi) is 3.21. The fourth-order valence-electron chi connectivity index (χ4n) is 4.67. The highest BCUT2D eigenvalue weighted by Crippen LogP contribution is 2.46. The Morgan fingerprint density at radius 2 is 2.14 bits per heavy atom. The molecule has 0 amide bonds. The van der Waals surface area contributed by atoms with Crippen LogP contribution < -0.4 is 10.3 Å². The molecule has 0 spiro atoms. The van der Waals surface area contributed by atoms with Gasteiger partial charge in [-0.3, -0.25) is 14.9 Å². The van der Waals surface area contributed by atoms with Gasteiger partial charge in [0, 0.05) is 12.0 Å². The predicted molar refractivity (Wildman–Crippen MR) is 95.9 cm³/mol. The van der Waals surface area contributed by atoms with E-state index in [1.165, 1.54) is 0 Å². The Balaban J connectivity index is 1.41. The number of amidine groups is 1. The highest BCUT2D eigenvalue weighted by atomic mass is 19.1. The maximum absolute atomic E-state index is 14.5.